The van der Waals surface area contributed by atoms with Crippen molar-refractivity contribution < 1.29 is 22.7 Å². The summed E-state index contributed by atoms with van der Waals surface area (Å²) in [5, 5.41) is 12.3. The Hall–Kier alpha value is -3.22. The van der Waals surface area contributed by atoms with Gasteiger partial charge in [0.15, 0.2) is 0 Å². The third-order valence-electron chi connectivity index (χ3n) is 4.26. The molecule has 1 heterocycles. The summed E-state index contributed by atoms with van der Waals surface area (Å²) in [5.74, 6) is -0.174. The Morgan fingerprint density at radius 1 is 1.19 bits per heavy atom. The molecule has 0 aliphatic carbocycles. The van der Waals surface area contributed by atoms with E-state index in [2.05, 4.69) is 10.3 Å². The molecule has 0 bridgehead atoms. The van der Waals surface area contributed by atoms with Crippen LogP contribution in [-0.2, 0) is 11.0 Å². The summed E-state index contributed by atoms with van der Waals surface area (Å²) in [6.07, 6.45) is -4.77. The van der Waals surface area contributed by atoms with Crippen LogP contribution in [0.15, 0.2) is 59.6 Å². The minimum atomic E-state index is -4.77. The monoisotopic (exact) mass is 477 g/mol. The Morgan fingerprint density at radius 3 is 2.41 bits per heavy atom. The number of methoxy groups -OCH3 is 1. The first-order valence-electron chi connectivity index (χ1n) is 9.06. The third kappa shape index (κ3) is 5.72. The lowest BCUT2D eigenvalue weighted by Gasteiger charge is -2.14. The number of amides is 1. The first-order chi connectivity index (χ1) is 15.2. The summed E-state index contributed by atoms with van der Waals surface area (Å²) in [4.78, 5) is 16.5. The molecule has 2 aromatic carbocycles. The molecule has 3 rings (SSSR count). The number of anilines is 1. The van der Waals surface area contributed by atoms with E-state index < -0.39 is 23.2 Å². The quantitative estimate of drug-likeness (QED) is 0.438. The van der Waals surface area contributed by atoms with Gasteiger partial charge >= 0.3 is 6.18 Å². The van der Waals surface area contributed by atoms with E-state index in [1.54, 1.807) is 54.6 Å². The van der Waals surface area contributed by atoms with Gasteiger partial charge in [0.1, 0.15) is 16.8 Å². The van der Waals surface area contributed by atoms with Crippen LogP contribution in [0.4, 0.5) is 18.9 Å². The maximum absolute atomic E-state index is 13.7. The fraction of sp³-hybridized carbons (Fsp3) is 0.136. The molecule has 0 aliphatic rings. The SMILES string of the molecule is COc1ccc(-c2cc(C(F)(F)F)c(C#N)c(SCC(=O)Nc3ccc(Cl)cc3)n2)cc1. The molecule has 0 atom stereocenters. The van der Waals surface area contributed by atoms with Gasteiger partial charge in [-0.25, -0.2) is 4.98 Å². The number of hydrogen-bond acceptors (Lipinski definition) is 5. The van der Waals surface area contributed by atoms with Gasteiger partial charge in [0.2, 0.25) is 5.91 Å². The standard InChI is InChI=1S/C22H15ClF3N3O2S/c1-31-16-8-2-13(3-9-16)19-10-18(22(24,25)26)17(11-27)21(29-19)32-12-20(30)28-15-6-4-14(23)5-7-15/h2-10H,12H2,1H3,(H,28,30). The van der Waals surface area contributed by atoms with Crippen LogP contribution in [0.25, 0.3) is 11.3 Å². The van der Waals surface area contributed by atoms with Crippen LogP contribution < -0.4 is 10.1 Å². The fourth-order valence-electron chi connectivity index (χ4n) is 2.73. The lowest BCUT2D eigenvalue weighted by atomic mass is 10.1. The predicted octanol–water partition coefficient (Wildman–Crippen LogP) is 6.03. The van der Waals surface area contributed by atoms with Crippen LogP contribution >= 0.6 is 23.4 Å². The molecule has 10 heteroatoms. The molecular weight excluding hydrogens is 463 g/mol. The van der Waals surface area contributed by atoms with Gasteiger partial charge in [0.25, 0.3) is 0 Å². The summed E-state index contributed by atoms with van der Waals surface area (Å²) in [6, 6.07) is 15.1. The van der Waals surface area contributed by atoms with Crippen molar-refractivity contribution in [2.75, 3.05) is 18.2 Å². The van der Waals surface area contributed by atoms with Gasteiger partial charge < -0.3 is 10.1 Å². The highest BCUT2D eigenvalue weighted by atomic mass is 35.5. The molecule has 5 nitrogen and oxygen atoms in total. The maximum Gasteiger partial charge on any atom is 0.417 e. The van der Waals surface area contributed by atoms with Gasteiger partial charge in [0, 0.05) is 16.3 Å². The summed E-state index contributed by atoms with van der Waals surface area (Å²) in [5.41, 5.74) is -0.815. The Kier molecular flexibility index (Phi) is 7.28. The van der Waals surface area contributed by atoms with E-state index in [9.17, 15) is 23.2 Å². The molecule has 164 valence electrons. The highest BCUT2D eigenvalue weighted by molar-refractivity contribution is 8.00. The van der Waals surface area contributed by atoms with Crippen molar-refractivity contribution >= 4 is 35.0 Å². The molecule has 1 aromatic heterocycles. The normalized spacial score (nSPS) is 11.0. The minimum Gasteiger partial charge on any atom is -0.497 e. The van der Waals surface area contributed by atoms with Crippen molar-refractivity contribution in [3.63, 3.8) is 0 Å². The van der Waals surface area contributed by atoms with Crippen molar-refractivity contribution in [2.24, 2.45) is 0 Å². The van der Waals surface area contributed by atoms with Gasteiger partial charge in [-0.05, 0) is 54.6 Å². The largest absolute Gasteiger partial charge is 0.497 e. The molecule has 3 aromatic rings. The Labute approximate surface area is 191 Å². The van der Waals surface area contributed by atoms with E-state index in [0.717, 1.165) is 17.8 Å². The van der Waals surface area contributed by atoms with Crippen LogP contribution in [0.5, 0.6) is 5.75 Å². The second-order valence-electron chi connectivity index (χ2n) is 6.42. The predicted molar refractivity (Wildman–Crippen MR) is 117 cm³/mol. The van der Waals surface area contributed by atoms with E-state index in [1.807, 2.05) is 0 Å². The smallest absolute Gasteiger partial charge is 0.417 e. The zero-order valence-corrected chi connectivity index (χ0v) is 18.1. The third-order valence-corrected chi connectivity index (χ3v) is 5.48. The van der Waals surface area contributed by atoms with Gasteiger partial charge in [0.05, 0.1) is 29.7 Å². The summed E-state index contributed by atoms with van der Waals surface area (Å²) < 4.78 is 46.0. The molecule has 0 saturated heterocycles. The number of aromatic nitrogens is 1. The summed E-state index contributed by atoms with van der Waals surface area (Å²) in [7, 11) is 1.47. The van der Waals surface area contributed by atoms with Crippen molar-refractivity contribution in [3.8, 4) is 23.1 Å². The van der Waals surface area contributed by atoms with Crippen molar-refractivity contribution in [3.05, 3.63) is 70.7 Å². The van der Waals surface area contributed by atoms with E-state index in [1.165, 1.54) is 7.11 Å². The number of halogens is 4. The zero-order chi connectivity index (χ0) is 23.3. The average molecular weight is 478 g/mol. The number of nitrogens with zero attached hydrogens (tertiary/aromatic N) is 2. The number of carbonyl (C=O) groups excluding carboxylic acids is 1. The van der Waals surface area contributed by atoms with Crippen LogP contribution in [0.1, 0.15) is 11.1 Å². The average Bonchev–Trinajstić information content (AvgIpc) is 2.78. The van der Waals surface area contributed by atoms with Crippen LogP contribution in [-0.4, -0.2) is 23.8 Å². The highest BCUT2D eigenvalue weighted by Gasteiger charge is 2.36. The van der Waals surface area contributed by atoms with Crippen LogP contribution in [0, 0.1) is 11.3 Å². The fourth-order valence-corrected chi connectivity index (χ4v) is 3.66. The molecule has 0 saturated carbocycles. The zero-order valence-electron chi connectivity index (χ0n) is 16.5. The molecule has 0 unspecified atom stereocenters. The number of hydrogen-bond donors (Lipinski definition) is 1. The van der Waals surface area contributed by atoms with Crippen molar-refractivity contribution in [1.82, 2.24) is 4.98 Å². The number of nitriles is 1. The number of nitrogens with one attached hydrogen (secondary N) is 1. The van der Waals surface area contributed by atoms with E-state index >= 15 is 0 Å². The number of benzene rings is 2. The first-order valence-corrected chi connectivity index (χ1v) is 10.4. The summed E-state index contributed by atoms with van der Waals surface area (Å²) >= 11 is 6.55. The molecule has 0 aliphatic heterocycles. The molecule has 0 fully saturated rings. The number of pyridine rings is 1. The van der Waals surface area contributed by atoms with Crippen molar-refractivity contribution in [1.29, 1.82) is 5.26 Å². The second kappa shape index (κ2) is 9.94. The summed E-state index contributed by atoms with van der Waals surface area (Å²) in [6.45, 7) is 0. The molecule has 0 spiro atoms. The maximum atomic E-state index is 13.7. The Balaban J connectivity index is 1.91. The molecular formula is C22H15ClF3N3O2S. The van der Waals surface area contributed by atoms with Crippen LogP contribution in [0.2, 0.25) is 5.02 Å². The second-order valence-corrected chi connectivity index (χ2v) is 7.82. The molecule has 32 heavy (non-hydrogen) atoms. The lowest BCUT2D eigenvalue weighted by Crippen LogP contribution is -2.15. The van der Waals surface area contributed by atoms with Crippen LogP contribution in [0.3, 0.4) is 0 Å². The van der Waals surface area contributed by atoms with E-state index in [-0.39, 0.29) is 16.5 Å². The van der Waals surface area contributed by atoms with Gasteiger partial charge in [-0.2, -0.15) is 18.4 Å². The minimum absolute atomic E-state index is 0.0274. The molecule has 1 N–H and O–H groups in total. The van der Waals surface area contributed by atoms with E-state index in [0.29, 0.717) is 22.0 Å². The number of thioether (sulfide) groups is 1. The van der Waals surface area contributed by atoms with Crippen molar-refractivity contribution in [2.45, 2.75) is 11.2 Å². The van der Waals surface area contributed by atoms with E-state index in [4.69, 9.17) is 16.3 Å². The number of alkyl halides is 3. The first kappa shape index (κ1) is 23.4. The Bertz CT molecular complexity index is 1160. The molecule has 1 amide bonds. The van der Waals surface area contributed by atoms with Gasteiger partial charge in [-0.15, -0.1) is 0 Å². The number of carbonyl (C=O) groups is 1. The number of rotatable bonds is 6. The van der Waals surface area contributed by atoms with Gasteiger partial charge in [-0.1, -0.05) is 23.4 Å². The Morgan fingerprint density at radius 2 is 1.84 bits per heavy atom. The van der Waals surface area contributed by atoms with Gasteiger partial charge in [-0.3, -0.25) is 4.79 Å². The topological polar surface area (TPSA) is 75.0 Å². The molecule has 0 radical (unpaired) electrons. The lowest BCUT2D eigenvalue weighted by molar-refractivity contribution is -0.138. The number of ether oxygens (including phenoxy) is 1. The highest BCUT2D eigenvalue weighted by Crippen LogP contribution is 2.38.